The number of hydrogen-bond acceptors (Lipinski definition) is 12. The van der Waals surface area contributed by atoms with Crippen molar-refractivity contribution in [2.75, 3.05) is 25.4 Å². The highest BCUT2D eigenvalue weighted by molar-refractivity contribution is 8.00. The highest BCUT2D eigenvalue weighted by atomic mass is 32.2. The Morgan fingerprint density at radius 3 is 2.01 bits per heavy atom. The molecule has 2 heterocycles. The number of carbonyl (C=O) groups is 10. The largest absolute Gasteiger partial charge is 0.370 e. The molecule has 1 unspecified atom stereocenters. The molecule has 2 aromatic carbocycles. The van der Waals surface area contributed by atoms with Gasteiger partial charge in [-0.05, 0) is 68.9 Å². The topological polar surface area (TPSA) is 351 Å². The molecule has 0 radical (unpaired) electrons. The number of rotatable bonds is 32. The predicted molar refractivity (Wildman–Crippen MR) is 258 cm³/mol. The van der Waals surface area contributed by atoms with E-state index in [1.165, 1.54) is 0 Å². The zero-order valence-electron chi connectivity index (χ0n) is 39.1. The van der Waals surface area contributed by atoms with Gasteiger partial charge in [0.15, 0.2) is 0 Å². The van der Waals surface area contributed by atoms with Crippen LogP contribution in [0.4, 0.5) is 4.79 Å². The summed E-state index contributed by atoms with van der Waals surface area (Å²) in [4.78, 5) is 126. The summed E-state index contributed by atoms with van der Waals surface area (Å²) in [7, 11) is 0. The third kappa shape index (κ3) is 20.5. The minimum atomic E-state index is -1.41. The SMILES string of the molecule is NC(=O)CC[C@H](NC(=O)[C@H](Cc1ccccc1)NC(=O)C(CCCc1ccccc1)CC(=O)NO)C(=O)NCC(=O)NCC(=O)N[C@@H](CCCCNC(=O)CCCC[C@@H]1SC[C@@H]2NC(=O)N[C@@H]21)C(N)=O. The Morgan fingerprint density at radius 2 is 1.33 bits per heavy atom. The molecule has 23 heteroatoms. The van der Waals surface area contributed by atoms with E-state index in [0.717, 1.165) is 24.2 Å². The standard InChI is InChI=1S/C47H67N11O11S/c48-37(59)22-21-33(54-46(67)34(24-30-14-5-2-6-15-30)55-44(65)31(25-39(61)58-69)17-11-16-29-12-3-1-4-13-29)45(66)52-26-40(62)51-27-41(63)53-32(43(49)64)18-9-10-23-50-38(60)20-8-7-19-36-42-35(28-70-36)56-47(68)57-42/h1-6,12-15,31-36,42,69H,7-11,16-28H2,(H2,48,59)(H2,49,64)(H,50,60)(H,51,62)(H,52,66)(H,53,63)(H,54,67)(H,55,65)(H,58,61)(H2,56,57,68)/t31?,32-,33-,34-,35-,36-,42-/m0/s1. The average molecular weight is 994 g/mol. The summed E-state index contributed by atoms with van der Waals surface area (Å²) in [6, 6.07) is 14.6. The second-order valence-electron chi connectivity index (χ2n) is 17.4. The van der Waals surface area contributed by atoms with Crippen LogP contribution in [0.5, 0.6) is 0 Å². The zero-order chi connectivity index (χ0) is 50.8. The molecule has 2 aliphatic rings. The Hall–Kier alpha value is -6.75. The lowest BCUT2D eigenvalue weighted by Crippen LogP contribution is -2.56. The van der Waals surface area contributed by atoms with Crippen molar-refractivity contribution in [1.82, 2.24) is 48.0 Å². The Balaban J connectivity index is 1.21. The van der Waals surface area contributed by atoms with Gasteiger partial charge in [0.25, 0.3) is 0 Å². The molecule has 0 aliphatic carbocycles. The summed E-state index contributed by atoms with van der Waals surface area (Å²) in [5, 5.41) is 30.7. The number of unbranched alkanes of at least 4 members (excludes halogenated alkanes) is 2. The molecule has 2 aliphatic heterocycles. The van der Waals surface area contributed by atoms with Gasteiger partial charge < -0.3 is 54.0 Å². The molecule has 0 saturated carbocycles. The van der Waals surface area contributed by atoms with Gasteiger partial charge in [0.1, 0.15) is 18.1 Å². The number of hydroxylamine groups is 1. The number of hydrogen-bond donors (Lipinski definition) is 12. The third-order valence-corrected chi connectivity index (χ3v) is 13.4. The number of fused-ring (bicyclic) bond motifs is 1. The van der Waals surface area contributed by atoms with E-state index in [2.05, 4.69) is 42.5 Å². The minimum Gasteiger partial charge on any atom is -0.370 e. The van der Waals surface area contributed by atoms with Crippen molar-refractivity contribution in [2.45, 2.75) is 125 Å². The van der Waals surface area contributed by atoms with E-state index in [0.29, 0.717) is 55.9 Å². The second kappa shape index (κ2) is 30.0. The van der Waals surface area contributed by atoms with E-state index in [-0.39, 0.29) is 62.5 Å². The van der Waals surface area contributed by atoms with Crippen molar-refractivity contribution >= 4 is 71.0 Å². The first-order valence-electron chi connectivity index (χ1n) is 23.6. The van der Waals surface area contributed by atoms with Gasteiger partial charge in [0.2, 0.25) is 53.2 Å². The summed E-state index contributed by atoms with van der Waals surface area (Å²) >= 11 is 1.83. The zero-order valence-corrected chi connectivity index (χ0v) is 40.0. The second-order valence-corrected chi connectivity index (χ2v) is 18.6. The predicted octanol–water partition coefficient (Wildman–Crippen LogP) is -0.786. The molecule has 0 spiro atoms. The van der Waals surface area contributed by atoms with Crippen molar-refractivity contribution < 1.29 is 53.2 Å². The summed E-state index contributed by atoms with van der Waals surface area (Å²) in [5.41, 5.74) is 14.1. The van der Waals surface area contributed by atoms with Gasteiger partial charge in [-0.1, -0.05) is 67.1 Å². The van der Waals surface area contributed by atoms with Gasteiger partial charge in [0, 0.05) is 49.1 Å². The Bertz CT molecular complexity index is 2100. The highest BCUT2D eigenvalue weighted by Gasteiger charge is 2.42. The monoisotopic (exact) mass is 993 g/mol. The van der Waals surface area contributed by atoms with Crippen LogP contribution in [0.1, 0.15) is 88.2 Å². The van der Waals surface area contributed by atoms with Crippen LogP contribution >= 0.6 is 11.8 Å². The number of aryl methyl sites for hydroxylation is 1. The Morgan fingerprint density at radius 1 is 0.643 bits per heavy atom. The van der Waals surface area contributed by atoms with E-state index in [1.54, 1.807) is 35.8 Å². The molecular formula is C47H67N11O11S. The summed E-state index contributed by atoms with van der Waals surface area (Å²) in [6.07, 6.45) is 4.31. The molecular weight excluding hydrogens is 927 g/mol. The first kappa shape index (κ1) is 55.8. The molecule has 2 saturated heterocycles. The average Bonchev–Trinajstić information content (AvgIpc) is 3.90. The summed E-state index contributed by atoms with van der Waals surface area (Å²) in [5.74, 6) is -6.40. The fraction of sp³-hybridized carbons (Fsp3) is 0.532. The van der Waals surface area contributed by atoms with Crippen LogP contribution < -0.4 is 59.5 Å². The number of primary amides is 2. The maximum absolute atomic E-state index is 13.9. The van der Waals surface area contributed by atoms with E-state index in [1.807, 2.05) is 42.1 Å². The number of nitrogens with two attached hydrogens (primary N) is 2. The van der Waals surface area contributed by atoms with Crippen LogP contribution in [0.15, 0.2) is 60.7 Å². The molecule has 14 N–H and O–H groups in total. The van der Waals surface area contributed by atoms with E-state index >= 15 is 0 Å². The maximum Gasteiger partial charge on any atom is 0.315 e. The van der Waals surface area contributed by atoms with E-state index < -0.39 is 84.4 Å². The molecule has 70 heavy (non-hydrogen) atoms. The van der Waals surface area contributed by atoms with Crippen molar-refractivity contribution in [2.24, 2.45) is 17.4 Å². The normalized spacial score (nSPS) is 17.4. The van der Waals surface area contributed by atoms with Crippen molar-refractivity contribution in [3.8, 4) is 0 Å². The minimum absolute atomic E-state index is 0.0322. The number of urea groups is 1. The molecule has 11 amide bonds. The Labute approximate surface area is 410 Å². The fourth-order valence-corrected chi connectivity index (χ4v) is 9.64. The van der Waals surface area contributed by atoms with Crippen LogP contribution in [0.25, 0.3) is 0 Å². The smallest absolute Gasteiger partial charge is 0.315 e. The van der Waals surface area contributed by atoms with Gasteiger partial charge in [-0.25, -0.2) is 10.3 Å². The molecule has 0 bridgehead atoms. The van der Waals surface area contributed by atoms with Crippen LogP contribution in [-0.4, -0.2) is 125 Å². The molecule has 2 fully saturated rings. The fourth-order valence-electron chi connectivity index (χ4n) is 8.10. The lowest BCUT2D eigenvalue weighted by atomic mass is 9.94. The van der Waals surface area contributed by atoms with Crippen LogP contribution in [-0.2, 0) is 56.0 Å². The number of thioether (sulfide) groups is 1. The Kier molecular flexibility index (Phi) is 23.9. The van der Waals surface area contributed by atoms with Crippen LogP contribution in [0.2, 0.25) is 0 Å². The van der Waals surface area contributed by atoms with Gasteiger partial charge in [0.05, 0.1) is 25.2 Å². The van der Waals surface area contributed by atoms with Crippen molar-refractivity contribution in [3.05, 3.63) is 71.8 Å². The third-order valence-electron chi connectivity index (χ3n) is 11.9. The van der Waals surface area contributed by atoms with Gasteiger partial charge >= 0.3 is 6.03 Å². The lowest BCUT2D eigenvalue weighted by molar-refractivity contribution is -0.137. The molecule has 4 rings (SSSR count). The van der Waals surface area contributed by atoms with Crippen molar-refractivity contribution in [3.63, 3.8) is 0 Å². The maximum atomic E-state index is 13.9. The first-order valence-corrected chi connectivity index (χ1v) is 24.6. The van der Waals surface area contributed by atoms with Gasteiger partial charge in [-0.15, -0.1) is 0 Å². The van der Waals surface area contributed by atoms with E-state index in [9.17, 15) is 53.2 Å². The number of nitrogens with one attached hydrogen (secondary N) is 9. The first-order chi connectivity index (χ1) is 33.6. The number of benzene rings is 2. The summed E-state index contributed by atoms with van der Waals surface area (Å²) < 4.78 is 0. The quantitative estimate of drug-likeness (QED) is 0.0186. The van der Waals surface area contributed by atoms with Gasteiger partial charge in [-0.2, -0.15) is 11.8 Å². The molecule has 382 valence electrons. The van der Waals surface area contributed by atoms with Crippen LogP contribution in [0.3, 0.4) is 0 Å². The molecule has 22 nitrogen and oxygen atoms in total. The van der Waals surface area contributed by atoms with Gasteiger partial charge in [-0.3, -0.25) is 48.4 Å². The van der Waals surface area contributed by atoms with E-state index in [4.69, 9.17) is 11.5 Å². The highest BCUT2D eigenvalue weighted by Crippen LogP contribution is 2.33. The molecule has 7 atom stereocenters. The lowest BCUT2D eigenvalue weighted by Gasteiger charge is -2.25. The molecule has 0 aromatic heterocycles. The van der Waals surface area contributed by atoms with Crippen molar-refractivity contribution in [1.29, 1.82) is 0 Å². The summed E-state index contributed by atoms with van der Waals surface area (Å²) in [6.45, 7) is -0.863. The number of carbonyl (C=O) groups excluding carboxylic acids is 10. The van der Waals surface area contributed by atoms with Crippen LogP contribution in [0, 0.1) is 5.92 Å². The molecule has 2 aromatic rings. The number of amides is 11.